The van der Waals surface area contributed by atoms with Gasteiger partial charge in [-0.15, -0.1) is 0 Å². The number of aliphatic hydroxyl groups excluding tert-OH is 1. The fourth-order valence-electron chi connectivity index (χ4n) is 1.47. The summed E-state index contributed by atoms with van der Waals surface area (Å²) in [5, 5.41) is 9.88. The zero-order valence-electron chi connectivity index (χ0n) is 9.84. The highest BCUT2D eigenvalue weighted by molar-refractivity contribution is 5.79. The Hall–Kier alpha value is -1.86. The van der Waals surface area contributed by atoms with Gasteiger partial charge in [0.15, 0.2) is 0 Å². The third-order valence-electron chi connectivity index (χ3n) is 2.56. The van der Waals surface area contributed by atoms with Crippen molar-refractivity contribution < 1.29 is 9.90 Å². The summed E-state index contributed by atoms with van der Waals surface area (Å²) in [5.74, 6) is -0.208. The Bertz CT molecular complexity index is 398. The van der Waals surface area contributed by atoms with Gasteiger partial charge in [-0.2, -0.15) is 0 Å². The Morgan fingerprint density at radius 3 is 2.71 bits per heavy atom. The molecule has 0 saturated carbocycles. The number of likely N-dealkylation sites (N-methyl/N-ethyl adjacent to an activating group) is 1. The minimum atomic E-state index is -0.570. The predicted molar refractivity (Wildman–Crippen MR) is 65.1 cm³/mol. The lowest BCUT2D eigenvalue weighted by atomic mass is 10.1. The van der Waals surface area contributed by atoms with Gasteiger partial charge in [-0.25, -0.2) is 6.57 Å². The highest BCUT2D eigenvalue weighted by atomic mass is 16.3. The first kappa shape index (κ1) is 13.2. The van der Waals surface area contributed by atoms with Crippen LogP contribution >= 0.6 is 0 Å². The predicted octanol–water partition coefficient (Wildman–Crippen LogP) is 1.49. The van der Waals surface area contributed by atoms with Gasteiger partial charge in [-0.05, 0) is 12.0 Å². The number of hydrogen-bond donors (Lipinski definition) is 1. The minimum absolute atomic E-state index is 0.127. The molecule has 0 aliphatic carbocycles. The van der Waals surface area contributed by atoms with Gasteiger partial charge in [0.1, 0.15) is 0 Å². The molecule has 1 unspecified atom stereocenters. The number of hydrogen-bond acceptors (Lipinski definition) is 2. The van der Waals surface area contributed by atoms with E-state index >= 15 is 0 Å². The van der Waals surface area contributed by atoms with E-state index in [1.807, 2.05) is 30.3 Å². The zero-order valence-corrected chi connectivity index (χ0v) is 9.84. The Morgan fingerprint density at radius 1 is 1.47 bits per heavy atom. The van der Waals surface area contributed by atoms with Gasteiger partial charge >= 0.3 is 5.91 Å². The molecule has 0 saturated heterocycles. The number of amides is 1. The summed E-state index contributed by atoms with van der Waals surface area (Å²) in [6.07, 6.45) is -0.0936. The van der Waals surface area contributed by atoms with Crippen molar-refractivity contribution in [1.82, 2.24) is 4.90 Å². The first-order chi connectivity index (χ1) is 8.15. The molecule has 4 heteroatoms. The molecule has 0 fully saturated rings. The van der Waals surface area contributed by atoms with Crippen LogP contribution in [0.4, 0.5) is 0 Å². The molecular weight excluding hydrogens is 216 g/mol. The van der Waals surface area contributed by atoms with Crippen LogP contribution in [-0.2, 0) is 4.79 Å². The second-order valence-electron chi connectivity index (χ2n) is 3.85. The molecule has 0 heterocycles. The molecule has 0 aromatic heterocycles. The molecule has 1 aromatic carbocycles. The third-order valence-corrected chi connectivity index (χ3v) is 2.56. The van der Waals surface area contributed by atoms with Gasteiger partial charge in [0.05, 0.1) is 6.10 Å². The largest absolute Gasteiger partial charge is 0.388 e. The average molecular weight is 232 g/mol. The topological polar surface area (TPSA) is 44.9 Å². The number of rotatable bonds is 5. The van der Waals surface area contributed by atoms with Crippen LogP contribution in [0, 0.1) is 6.57 Å². The molecule has 0 aliphatic rings. The molecule has 1 aromatic rings. The van der Waals surface area contributed by atoms with Crippen LogP contribution in [0.25, 0.3) is 4.85 Å². The van der Waals surface area contributed by atoms with E-state index in [0.717, 1.165) is 5.56 Å². The molecule has 90 valence electrons. The number of aliphatic hydroxyl groups is 1. The molecule has 0 radical (unpaired) electrons. The maximum atomic E-state index is 11.3. The molecule has 0 aliphatic heterocycles. The average Bonchev–Trinajstić information content (AvgIpc) is 2.36. The summed E-state index contributed by atoms with van der Waals surface area (Å²) < 4.78 is 0. The van der Waals surface area contributed by atoms with Gasteiger partial charge in [0.25, 0.3) is 6.54 Å². The fourth-order valence-corrected chi connectivity index (χ4v) is 1.47. The summed E-state index contributed by atoms with van der Waals surface area (Å²) in [4.78, 5) is 15.8. The molecule has 4 nitrogen and oxygen atoms in total. The highest BCUT2D eigenvalue weighted by Crippen LogP contribution is 2.15. The molecule has 17 heavy (non-hydrogen) atoms. The van der Waals surface area contributed by atoms with Crippen LogP contribution in [0.1, 0.15) is 18.1 Å². The van der Waals surface area contributed by atoms with Gasteiger partial charge in [-0.1, -0.05) is 30.3 Å². The SMILES string of the molecule is [C-]#[N+]CC(=O)N(C)CCC(O)c1ccccc1. The van der Waals surface area contributed by atoms with E-state index in [2.05, 4.69) is 4.85 Å². The molecule has 0 spiro atoms. The molecule has 0 bridgehead atoms. The van der Waals surface area contributed by atoms with Crippen LogP contribution in [0.3, 0.4) is 0 Å². The smallest absolute Gasteiger partial charge is 0.302 e. The van der Waals surface area contributed by atoms with Crippen LogP contribution in [-0.4, -0.2) is 36.1 Å². The Balaban J connectivity index is 2.41. The number of carbonyl (C=O) groups excluding carboxylic acids is 1. The highest BCUT2D eigenvalue weighted by Gasteiger charge is 2.13. The first-order valence-corrected chi connectivity index (χ1v) is 5.45. The molecule has 1 atom stereocenters. The fraction of sp³-hybridized carbons (Fsp3) is 0.385. The van der Waals surface area contributed by atoms with Crippen LogP contribution < -0.4 is 0 Å². The van der Waals surface area contributed by atoms with Crippen molar-refractivity contribution in [2.45, 2.75) is 12.5 Å². The minimum Gasteiger partial charge on any atom is -0.388 e. The van der Waals surface area contributed by atoms with Crippen molar-refractivity contribution >= 4 is 5.91 Å². The lowest BCUT2D eigenvalue weighted by molar-refractivity contribution is -0.128. The van der Waals surface area contributed by atoms with E-state index in [-0.39, 0.29) is 12.5 Å². The van der Waals surface area contributed by atoms with Gasteiger partial charge < -0.3 is 14.9 Å². The van der Waals surface area contributed by atoms with Crippen LogP contribution in [0.15, 0.2) is 30.3 Å². The quantitative estimate of drug-likeness (QED) is 0.782. The second-order valence-corrected chi connectivity index (χ2v) is 3.85. The van der Waals surface area contributed by atoms with E-state index in [0.29, 0.717) is 13.0 Å². The van der Waals surface area contributed by atoms with Gasteiger partial charge in [-0.3, -0.25) is 4.79 Å². The molecule has 1 rings (SSSR count). The zero-order chi connectivity index (χ0) is 12.7. The van der Waals surface area contributed by atoms with E-state index in [9.17, 15) is 9.90 Å². The van der Waals surface area contributed by atoms with Crippen molar-refractivity contribution in [3.05, 3.63) is 47.3 Å². The summed E-state index contributed by atoms with van der Waals surface area (Å²) in [7, 11) is 1.64. The van der Waals surface area contributed by atoms with Gasteiger partial charge in [0, 0.05) is 13.6 Å². The van der Waals surface area contributed by atoms with E-state index in [1.165, 1.54) is 4.90 Å². The van der Waals surface area contributed by atoms with Crippen LogP contribution in [0.5, 0.6) is 0 Å². The summed E-state index contributed by atoms with van der Waals surface area (Å²) in [5.41, 5.74) is 0.846. The lowest BCUT2D eigenvalue weighted by Crippen LogP contribution is -2.30. The monoisotopic (exact) mass is 232 g/mol. The van der Waals surface area contributed by atoms with Crippen molar-refractivity contribution in [1.29, 1.82) is 0 Å². The number of carbonyl (C=O) groups is 1. The van der Waals surface area contributed by atoms with Crippen LogP contribution in [0.2, 0.25) is 0 Å². The maximum Gasteiger partial charge on any atom is 0.302 e. The van der Waals surface area contributed by atoms with Crippen molar-refractivity contribution in [3.63, 3.8) is 0 Å². The molecule has 1 N–H and O–H groups in total. The number of nitrogens with zero attached hydrogens (tertiary/aromatic N) is 2. The standard InChI is InChI=1S/C13H16N2O2/c1-14-10-13(17)15(2)9-8-12(16)11-6-4-3-5-7-11/h3-7,12,16H,8-10H2,2H3. The van der Waals surface area contributed by atoms with E-state index in [1.54, 1.807) is 7.05 Å². The lowest BCUT2D eigenvalue weighted by Gasteiger charge is -2.17. The van der Waals surface area contributed by atoms with E-state index < -0.39 is 6.10 Å². The Labute approximate surface area is 101 Å². The summed E-state index contributed by atoms with van der Waals surface area (Å²) in [6, 6.07) is 9.33. The van der Waals surface area contributed by atoms with E-state index in [4.69, 9.17) is 6.57 Å². The van der Waals surface area contributed by atoms with Crippen molar-refractivity contribution in [2.24, 2.45) is 0 Å². The first-order valence-electron chi connectivity index (χ1n) is 5.45. The Kier molecular flexibility index (Phi) is 5.18. The third kappa shape index (κ3) is 4.25. The molecule has 1 amide bonds. The van der Waals surface area contributed by atoms with Crippen molar-refractivity contribution in [2.75, 3.05) is 20.1 Å². The summed E-state index contributed by atoms with van der Waals surface area (Å²) in [6.45, 7) is 6.93. The van der Waals surface area contributed by atoms with Crippen molar-refractivity contribution in [3.8, 4) is 0 Å². The molecular formula is C13H16N2O2. The van der Waals surface area contributed by atoms with Gasteiger partial charge in [0.2, 0.25) is 0 Å². The second kappa shape index (κ2) is 6.66. The normalized spacial score (nSPS) is 11.6. The maximum absolute atomic E-state index is 11.3. The summed E-state index contributed by atoms with van der Waals surface area (Å²) >= 11 is 0. The Morgan fingerprint density at radius 2 is 2.12 bits per heavy atom. The number of benzene rings is 1.